The number of carbonyl (C=O) groups is 1. The van der Waals surface area contributed by atoms with Crippen molar-refractivity contribution in [2.75, 3.05) is 12.4 Å². The van der Waals surface area contributed by atoms with Crippen LogP contribution >= 0.6 is 11.3 Å². The quantitative estimate of drug-likeness (QED) is 0.512. The molecule has 0 saturated carbocycles. The molecule has 0 aliphatic rings. The third kappa shape index (κ3) is 4.08. The zero-order valence-electron chi connectivity index (χ0n) is 16.6. The summed E-state index contributed by atoms with van der Waals surface area (Å²) in [6.07, 6.45) is 3.17. The molecular weight excluding hydrogens is 400 g/mol. The Balaban J connectivity index is 1.52. The average Bonchev–Trinajstić information content (AvgIpc) is 3.19. The van der Waals surface area contributed by atoms with Crippen molar-refractivity contribution in [2.24, 2.45) is 0 Å². The summed E-state index contributed by atoms with van der Waals surface area (Å²) >= 11 is 1.44. The first kappa shape index (κ1) is 19.8. The molecule has 0 saturated heterocycles. The van der Waals surface area contributed by atoms with Crippen LogP contribution in [0.3, 0.4) is 0 Å². The van der Waals surface area contributed by atoms with Gasteiger partial charge in [0.25, 0.3) is 5.56 Å². The second-order valence-electron chi connectivity index (χ2n) is 6.83. The highest BCUT2D eigenvalue weighted by molar-refractivity contribution is 7.17. The fourth-order valence-electron chi connectivity index (χ4n) is 3.09. The lowest BCUT2D eigenvalue weighted by molar-refractivity contribution is -0.116. The van der Waals surface area contributed by atoms with E-state index in [1.54, 1.807) is 12.1 Å². The summed E-state index contributed by atoms with van der Waals surface area (Å²) in [6.45, 7) is 2.26. The number of fused-ring (bicyclic) bond motifs is 1. The number of nitrogens with one attached hydrogen (secondary N) is 1. The number of carbonyl (C=O) groups excluding carboxylic acids is 1. The van der Waals surface area contributed by atoms with Gasteiger partial charge in [-0.3, -0.25) is 14.2 Å². The molecule has 1 N–H and O–H groups in total. The maximum Gasteiger partial charge on any atom is 0.262 e. The Kier molecular flexibility index (Phi) is 5.58. The number of rotatable bonds is 6. The highest BCUT2D eigenvalue weighted by Gasteiger charge is 2.14. The Hall–Kier alpha value is -3.52. The lowest BCUT2D eigenvalue weighted by Crippen LogP contribution is -2.23. The summed E-state index contributed by atoms with van der Waals surface area (Å²) in [6, 6.07) is 11.4. The van der Waals surface area contributed by atoms with Crippen LogP contribution in [-0.2, 0) is 11.3 Å². The van der Waals surface area contributed by atoms with E-state index < -0.39 is 0 Å². The maximum absolute atomic E-state index is 13.1. The molecule has 7 nitrogen and oxygen atoms in total. The number of ether oxygens (including phenoxy) is 1. The lowest BCUT2D eigenvalue weighted by atomic mass is 10.1. The van der Waals surface area contributed by atoms with Crippen LogP contribution in [0, 0.1) is 6.92 Å². The normalized spacial score (nSPS) is 10.9. The van der Waals surface area contributed by atoms with Crippen LogP contribution in [-0.4, -0.2) is 27.6 Å². The molecule has 0 spiro atoms. The van der Waals surface area contributed by atoms with Gasteiger partial charge in [-0.25, -0.2) is 9.97 Å². The molecule has 8 heteroatoms. The lowest BCUT2D eigenvalue weighted by Gasteiger charge is -2.08. The van der Waals surface area contributed by atoms with Gasteiger partial charge in [0.05, 0.1) is 30.7 Å². The fourth-order valence-corrected chi connectivity index (χ4v) is 4.00. The van der Waals surface area contributed by atoms with Crippen LogP contribution in [0.5, 0.6) is 5.88 Å². The highest BCUT2D eigenvalue weighted by Crippen LogP contribution is 2.30. The molecule has 0 atom stereocenters. The first-order valence-corrected chi connectivity index (χ1v) is 10.3. The molecular formula is C22H20N4O3S. The molecule has 0 fully saturated rings. The number of thiophene rings is 1. The Morgan fingerprint density at radius 3 is 2.67 bits per heavy atom. The number of hydrogen-bond acceptors (Lipinski definition) is 6. The highest BCUT2D eigenvalue weighted by atomic mass is 32.1. The molecule has 0 bridgehead atoms. The number of pyridine rings is 1. The van der Waals surface area contributed by atoms with Gasteiger partial charge >= 0.3 is 0 Å². The second-order valence-corrected chi connectivity index (χ2v) is 7.68. The van der Waals surface area contributed by atoms with E-state index in [-0.39, 0.29) is 24.4 Å². The number of aryl methyl sites for hydroxylation is 2. The van der Waals surface area contributed by atoms with Gasteiger partial charge in [0, 0.05) is 30.0 Å². The van der Waals surface area contributed by atoms with E-state index in [9.17, 15) is 9.59 Å². The van der Waals surface area contributed by atoms with Gasteiger partial charge in [0.2, 0.25) is 11.8 Å². The summed E-state index contributed by atoms with van der Waals surface area (Å²) in [5.74, 6) is 0.261. The number of hydrogen-bond donors (Lipinski definition) is 1. The first-order valence-electron chi connectivity index (χ1n) is 9.39. The molecule has 3 heterocycles. The Morgan fingerprint density at radius 2 is 1.97 bits per heavy atom. The van der Waals surface area contributed by atoms with E-state index in [2.05, 4.69) is 15.3 Å². The summed E-state index contributed by atoms with van der Waals surface area (Å²) in [5.41, 5.74) is 3.44. The van der Waals surface area contributed by atoms with Crippen LogP contribution in [0.15, 0.2) is 59.1 Å². The summed E-state index contributed by atoms with van der Waals surface area (Å²) < 4.78 is 6.49. The number of anilines is 1. The van der Waals surface area contributed by atoms with Crippen LogP contribution in [0.2, 0.25) is 0 Å². The third-order valence-electron chi connectivity index (χ3n) is 4.73. The monoisotopic (exact) mass is 420 g/mol. The molecule has 1 amide bonds. The maximum atomic E-state index is 13.1. The minimum atomic E-state index is -0.210. The number of benzene rings is 1. The van der Waals surface area contributed by atoms with Gasteiger partial charge in [-0.1, -0.05) is 29.8 Å². The zero-order valence-corrected chi connectivity index (χ0v) is 17.4. The summed E-state index contributed by atoms with van der Waals surface area (Å²) in [7, 11) is 1.53. The van der Waals surface area contributed by atoms with E-state index in [1.807, 2.05) is 36.6 Å². The minimum absolute atomic E-state index is 0.142. The fraction of sp³-hybridized carbons (Fsp3) is 0.182. The van der Waals surface area contributed by atoms with Crippen molar-refractivity contribution in [1.82, 2.24) is 14.5 Å². The van der Waals surface area contributed by atoms with E-state index in [4.69, 9.17) is 4.74 Å². The molecule has 3 aromatic heterocycles. The van der Waals surface area contributed by atoms with Crippen LogP contribution in [0.25, 0.3) is 21.3 Å². The zero-order chi connectivity index (χ0) is 21.1. The minimum Gasteiger partial charge on any atom is -0.481 e. The molecule has 30 heavy (non-hydrogen) atoms. The largest absolute Gasteiger partial charge is 0.481 e. The smallest absolute Gasteiger partial charge is 0.262 e. The number of methoxy groups -OCH3 is 1. The van der Waals surface area contributed by atoms with Crippen LogP contribution < -0.4 is 15.6 Å². The molecule has 4 rings (SSSR count). The van der Waals surface area contributed by atoms with Gasteiger partial charge in [0.1, 0.15) is 4.83 Å². The van der Waals surface area contributed by atoms with E-state index in [0.717, 1.165) is 16.7 Å². The Morgan fingerprint density at radius 1 is 1.17 bits per heavy atom. The van der Waals surface area contributed by atoms with Crippen LogP contribution in [0.4, 0.5) is 5.69 Å². The Labute approximate surface area is 177 Å². The first-order chi connectivity index (χ1) is 14.5. The van der Waals surface area contributed by atoms with E-state index >= 15 is 0 Å². The van der Waals surface area contributed by atoms with Gasteiger partial charge in [-0.2, -0.15) is 0 Å². The Bertz CT molecular complexity index is 1240. The molecule has 4 aromatic rings. The molecule has 0 radical (unpaired) electrons. The van der Waals surface area contributed by atoms with E-state index in [0.29, 0.717) is 21.8 Å². The molecule has 1 aromatic carbocycles. The van der Waals surface area contributed by atoms with Crippen molar-refractivity contribution in [3.05, 3.63) is 70.2 Å². The third-order valence-corrected chi connectivity index (χ3v) is 5.62. The number of amides is 1. The predicted octanol–water partition coefficient (Wildman–Crippen LogP) is 3.87. The average molecular weight is 420 g/mol. The van der Waals surface area contributed by atoms with Gasteiger partial charge in [-0.15, -0.1) is 11.3 Å². The van der Waals surface area contributed by atoms with Crippen molar-refractivity contribution < 1.29 is 9.53 Å². The van der Waals surface area contributed by atoms with Crippen molar-refractivity contribution >= 4 is 33.1 Å². The molecule has 0 unspecified atom stereocenters. The molecule has 0 aliphatic carbocycles. The number of aromatic nitrogens is 3. The van der Waals surface area contributed by atoms with Crippen molar-refractivity contribution in [3.8, 4) is 17.0 Å². The van der Waals surface area contributed by atoms with Gasteiger partial charge < -0.3 is 10.1 Å². The molecule has 0 aliphatic heterocycles. The summed E-state index contributed by atoms with van der Waals surface area (Å²) in [4.78, 5) is 34.5. The molecule has 152 valence electrons. The van der Waals surface area contributed by atoms with E-state index in [1.165, 1.54) is 35.5 Å². The van der Waals surface area contributed by atoms with Crippen molar-refractivity contribution in [2.45, 2.75) is 19.9 Å². The van der Waals surface area contributed by atoms with Crippen LogP contribution in [0.1, 0.15) is 12.0 Å². The topological polar surface area (TPSA) is 86.1 Å². The second kappa shape index (κ2) is 8.46. The van der Waals surface area contributed by atoms with Crippen molar-refractivity contribution in [3.63, 3.8) is 0 Å². The van der Waals surface area contributed by atoms with Gasteiger partial charge in [0.15, 0.2) is 0 Å². The van der Waals surface area contributed by atoms with Gasteiger partial charge in [-0.05, 0) is 18.6 Å². The van der Waals surface area contributed by atoms with Crippen molar-refractivity contribution in [1.29, 1.82) is 0 Å². The predicted molar refractivity (Wildman–Crippen MR) is 118 cm³/mol. The summed E-state index contributed by atoms with van der Waals surface area (Å²) in [5, 5.41) is 5.31. The number of nitrogens with zero attached hydrogens (tertiary/aromatic N) is 3. The SMILES string of the molecule is COc1ccc(NC(=O)CCn2cnc3scc(-c4ccc(C)cc4)c3c2=O)cn1. The standard InChI is InChI=1S/C22H20N4O3S/c1-14-3-5-15(6-4-14)17-12-30-21-20(17)22(28)26(13-24-21)10-9-18(27)25-16-7-8-19(29-2)23-11-16/h3-8,11-13H,9-10H2,1-2H3,(H,25,27).